The molecule has 1 saturated heterocycles. The first-order valence-corrected chi connectivity index (χ1v) is 7.31. The fourth-order valence-electron chi connectivity index (χ4n) is 2.81. The molecule has 0 radical (unpaired) electrons. The molecule has 4 nitrogen and oxygen atoms in total. The predicted octanol–water partition coefficient (Wildman–Crippen LogP) is 2.35. The molecule has 0 spiro atoms. The summed E-state index contributed by atoms with van der Waals surface area (Å²) in [6.45, 7) is 1.92. The van der Waals surface area contributed by atoms with Gasteiger partial charge in [-0.1, -0.05) is 30.3 Å². The van der Waals surface area contributed by atoms with E-state index in [4.69, 9.17) is 0 Å². The summed E-state index contributed by atoms with van der Waals surface area (Å²) in [6.07, 6.45) is 2.53. The van der Waals surface area contributed by atoms with Crippen molar-refractivity contribution in [3.63, 3.8) is 0 Å². The van der Waals surface area contributed by atoms with Crippen LogP contribution in [0.25, 0.3) is 0 Å². The topological polar surface area (TPSA) is 36.4 Å². The number of piperazine rings is 1. The normalized spacial score (nSPS) is 19.2. The van der Waals surface area contributed by atoms with Crippen molar-refractivity contribution in [2.24, 2.45) is 0 Å². The highest BCUT2D eigenvalue weighted by Gasteiger charge is 2.29. The lowest BCUT2D eigenvalue weighted by Crippen LogP contribution is -2.49. The fourth-order valence-corrected chi connectivity index (χ4v) is 2.81. The molecule has 1 aliphatic rings. The number of nitrogens with zero attached hydrogens (tertiary/aromatic N) is 3. The van der Waals surface area contributed by atoms with Gasteiger partial charge in [0.1, 0.15) is 0 Å². The molecule has 0 saturated carbocycles. The minimum atomic E-state index is -0.567. The quantitative estimate of drug-likeness (QED) is 0.854. The third kappa shape index (κ3) is 2.85. The number of hydrogen-bond donors (Lipinski definition) is 0. The maximum atomic E-state index is 13.8. The second-order valence-corrected chi connectivity index (χ2v) is 5.51. The number of hydrogen-bond acceptors (Lipinski definition) is 3. The number of likely N-dealkylation sites (N-methyl/N-ethyl adjacent to an activating group) is 1. The van der Waals surface area contributed by atoms with E-state index in [2.05, 4.69) is 22.0 Å². The zero-order chi connectivity index (χ0) is 15.5. The number of halogens is 1. The van der Waals surface area contributed by atoms with Crippen molar-refractivity contribution in [1.29, 1.82) is 0 Å². The molecule has 0 bridgehead atoms. The lowest BCUT2D eigenvalue weighted by atomic mass is 10.0. The first kappa shape index (κ1) is 14.7. The summed E-state index contributed by atoms with van der Waals surface area (Å²) < 4.78 is 13.8. The van der Waals surface area contributed by atoms with Crippen molar-refractivity contribution in [2.75, 3.05) is 26.7 Å². The molecular weight excluding hydrogens is 281 g/mol. The van der Waals surface area contributed by atoms with Crippen LogP contribution >= 0.6 is 0 Å². The maximum absolute atomic E-state index is 13.8. The lowest BCUT2D eigenvalue weighted by molar-refractivity contribution is 0.0542. The number of carbonyl (C=O) groups excluding carboxylic acids is 1. The van der Waals surface area contributed by atoms with Gasteiger partial charge in [0.15, 0.2) is 5.82 Å². The highest BCUT2D eigenvalue weighted by molar-refractivity contribution is 5.94. The van der Waals surface area contributed by atoms with Crippen LogP contribution in [0.3, 0.4) is 0 Å². The minimum Gasteiger partial charge on any atom is -0.335 e. The zero-order valence-corrected chi connectivity index (χ0v) is 12.4. The molecule has 1 amide bonds. The molecule has 1 aromatic carbocycles. The molecule has 2 aromatic rings. The van der Waals surface area contributed by atoms with Crippen LogP contribution in [0.15, 0.2) is 48.8 Å². The summed E-state index contributed by atoms with van der Waals surface area (Å²) in [5, 5.41) is 0. The number of pyridine rings is 1. The molecule has 1 aromatic heterocycles. The molecular formula is C17H18FN3O. The van der Waals surface area contributed by atoms with Gasteiger partial charge in [-0.15, -0.1) is 0 Å². The Morgan fingerprint density at radius 1 is 1.23 bits per heavy atom. The zero-order valence-electron chi connectivity index (χ0n) is 12.4. The van der Waals surface area contributed by atoms with E-state index in [1.165, 1.54) is 12.3 Å². The fraction of sp³-hybridized carbons (Fsp3) is 0.294. The molecule has 114 valence electrons. The Kier molecular flexibility index (Phi) is 4.15. The number of aromatic nitrogens is 1. The van der Waals surface area contributed by atoms with Gasteiger partial charge < -0.3 is 4.90 Å². The van der Waals surface area contributed by atoms with Gasteiger partial charge in [-0.2, -0.15) is 0 Å². The van der Waals surface area contributed by atoms with E-state index in [1.54, 1.807) is 4.90 Å². The summed E-state index contributed by atoms with van der Waals surface area (Å²) in [4.78, 5) is 20.2. The SMILES string of the molecule is CN1CCN(C(=O)c2ccncc2F)C[C@@H]1c1ccccc1. The van der Waals surface area contributed by atoms with Crippen LogP contribution in [-0.4, -0.2) is 47.4 Å². The minimum absolute atomic E-state index is 0.0892. The van der Waals surface area contributed by atoms with Crippen LogP contribution in [0.1, 0.15) is 22.0 Å². The number of amides is 1. The monoisotopic (exact) mass is 299 g/mol. The van der Waals surface area contributed by atoms with Gasteiger partial charge in [-0.3, -0.25) is 14.7 Å². The highest BCUT2D eigenvalue weighted by atomic mass is 19.1. The van der Waals surface area contributed by atoms with Crippen LogP contribution in [0, 0.1) is 5.82 Å². The average Bonchev–Trinajstić information content (AvgIpc) is 2.56. The third-order valence-electron chi connectivity index (χ3n) is 4.12. The molecule has 2 heterocycles. The van der Waals surface area contributed by atoms with E-state index >= 15 is 0 Å². The van der Waals surface area contributed by atoms with E-state index in [0.717, 1.165) is 18.3 Å². The van der Waals surface area contributed by atoms with Gasteiger partial charge in [-0.05, 0) is 18.7 Å². The Labute approximate surface area is 129 Å². The third-order valence-corrected chi connectivity index (χ3v) is 4.12. The molecule has 1 fully saturated rings. The van der Waals surface area contributed by atoms with Gasteiger partial charge >= 0.3 is 0 Å². The molecule has 0 N–H and O–H groups in total. The summed E-state index contributed by atoms with van der Waals surface area (Å²) >= 11 is 0. The van der Waals surface area contributed by atoms with Crippen LogP contribution in [0.5, 0.6) is 0 Å². The van der Waals surface area contributed by atoms with Crippen molar-refractivity contribution < 1.29 is 9.18 Å². The first-order chi connectivity index (χ1) is 10.7. The molecule has 0 unspecified atom stereocenters. The Balaban J connectivity index is 1.81. The van der Waals surface area contributed by atoms with E-state index in [9.17, 15) is 9.18 Å². The predicted molar refractivity (Wildman–Crippen MR) is 81.9 cm³/mol. The summed E-state index contributed by atoms with van der Waals surface area (Å²) in [5.74, 6) is -0.836. The van der Waals surface area contributed by atoms with Gasteiger partial charge in [0, 0.05) is 25.8 Å². The molecule has 5 heteroatoms. The van der Waals surface area contributed by atoms with Crippen LogP contribution in [0.4, 0.5) is 4.39 Å². The van der Waals surface area contributed by atoms with E-state index in [1.807, 2.05) is 25.2 Å². The molecule has 3 rings (SSSR count). The van der Waals surface area contributed by atoms with E-state index in [0.29, 0.717) is 13.1 Å². The highest BCUT2D eigenvalue weighted by Crippen LogP contribution is 2.25. The Morgan fingerprint density at radius 2 is 2.00 bits per heavy atom. The smallest absolute Gasteiger partial charge is 0.257 e. The molecule has 22 heavy (non-hydrogen) atoms. The summed E-state index contributed by atoms with van der Waals surface area (Å²) in [6, 6.07) is 11.6. The number of benzene rings is 1. The van der Waals surface area contributed by atoms with E-state index < -0.39 is 5.82 Å². The Hall–Kier alpha value is -2.27. The van der Waals surface area contributed by atoms with Crippen LogP contribution < -0.4 is 0 Å². The number of rotatable bonds is 2. The first-order valence-electron chi connectivity index (χ1n) is 7.31. The van der Waals surface area contributed by atoms with Gasteiger partial charge in [0.25, 0.3) is 5.91 Å². The molecule has 0 aliphatic carbocycles. The Morgan fingerprint density at radius 3 is 2.73 bits per heavy atom. The molecule has 1 aliphatic heterocycles. The van der Waals surface area contributed by atoms with Gasteiger partial charge in [-0.25, -0.2) is 4.39 Å². The van der Waals surface area contributed by atoms with E-state index in [-0.39, 0.29) is 17.5 Å². The standard InChI is InChI=1S/C17H18FN3O/c1-20-9-10-21(12-16(20)13-5-3-2-4-6-13)17(22)14-7-8-19-11-15(14)18/h2-8,11,16H,9-10,12H2,1H3/t16-/m1/s1. The second-order valence-electron chi connectivity index (χ2n) is 5.51. The molecule has 1 atom stereocenters. The average molecular weight is 299 g/mol. The van der Waals surface area contributed by atoms with Gasteiger partial charge in [0.05, 0.1) is 17.8 Å². The van der Waals surface area contributed by atoms with Crippen molar-refractivity contribution >= 4 is 5.91 Å². The van der Waals surface area contributed by atoms with Crippen molar-refractivity contribution in [3.8, 4) is 0 Å². The second kappa shape index (κ2) is 6.23. The maximum Gasteiger partial charge on any atom is 0.257 e. The van der Waals surface area contributed by atoms with Crippen molar-refractivity contribution in [1.82, 2.24) is 14.8 Å². The lowest BCUT2D eigenvalue weighted by Gasteiger charge is -2.39. The Bertz CT molecular complexity index is 662. The number of carbonyl (C=O) groups is 1. The summed E-state index contributed by atoms with van der Waals surface area (Å²) in [7, 11) is 2.05. The van der Waals surface area contributed by atoms with Crippen LogP contribution in [0.2, 0.25) is 0 Å². The summed E-state index contributed by atoms with van der Waals surface area (Å²) in [5.41, 5.74) is 1.25. The van der Waals surface area contributed by atoms with Crippen molar-refractivity contribution in [3.05, 3.63) is 65.7 Å². The largest absolute Gasteiger partial charge is 0.335 e. The van der Waals surface area contributed by atoms with Crippen molar-refractivity contribution in [2.45, 2.75) is 6.04 Å². The van der Waals surface area contributed by atoms with Crippen LogP contribution in [-0.2, 0) is 0 Å². The van der Waals surface area contributed by atoms with Gasteiger partial charge in [0.2, 0.25) is 0 Å².